The second-order valence-electron chi connectivity index (χ2n) is 7.11. The number of nitrogens with one attached hydrogen (secondary N) is 1. The first kappa shape index (κ1) is 20.7. The number of carbonyl (C=O) groups excluding carboxylic acids is 2. The minimum absolute atomic E-state index is 0.154. The Labute approximate surface area is 174 Å². The average Bonchev–Trinajstić information content (AvgIpc) is 3.47. The standard InChI is InChI=1S/C22H22ClN3O3/c1-13-10-16(14(2)26(13)18-8-9-18)11-17(12-24)22(28)29-15(3)21(27)25-20-7-5-4-6-19(20)23/h4-7,10-11,15,18H,8-9H2,1-3H3,(H,25,27)/b17-11+/t15-/m0/s1. The molecule has 1 saturated carbocycles. The lowest BCUT2D eigenvalue weighted by Crippen LogP contribution is -2.30. The van der Waals surface area contributed by atoms with Crippen LogP contribution in [0, 0.1) is 25.2 Å². The zero-order valence-corrected chi connectivity index (χ0v) is 17.3. The van der Waals surface area contributed by atoms with Crippen LogP contribution in [0.25, 0.3) is 6.08 Å². The first-order chi connectivity index (χ1) is 13.8. The molecule has 1 fully saturated rings. The number of para-hydroxylation sites is 1. The minimum atomic E-state index is -1.09. The summed E-state index contributed by atoms with van der Waals surface area (Å²) >= 11 is 6.02. The molecule has 3 rings (SSSR count). The largest absolute Gasteiger partial charge is 0.448 e. The highest BCUT2D eigenvalue weighted by molar-refractivity contribution is 6.33. The number of amides is 1. The van der Waals surface area contributed by atoms with Gasteiger partial charge < -0.3 is 14.6 Å². The maximum atomic E-state index is 12.4. The van der Waals surface area contributed by atoms with Crippen LogP contribution in [-0.2, 0) is 14.3 Å². The number of nitrogens with zero attached hydrogens (tertiary/aromatic N) is 2. The zero-order chi connectivity index (χ0) is 21.1. The quantitative estimate of drug-likeness (QED) is 0.428. The van der Waals surface area contributed by atoms with Crippen LogP contribution in [0.2, 0.25) is 5.02 Å². The van der Waals surface area contributed by atoms with E-state index in [1.807, 2.05) is 26.0 Å². The van der Waals surface area contributed by atoms with Crippen molar-refractivity contribution in [1.29, 1.82) is 5.26 Å². The lowest BCUT2D eigenvalue weighted by Gasteiger charge is -2.14. The molecule has 1 amide bonds. The molecule has 0 radical (unpaired) electrons. The van der Waals surface area contributed by atoms with Crippen molar-refractivity contribution < 1.29 is 14.3 Å². The zero-order valence-electron chi connectivity index (χ0n) is 16.5. The Morgan fingerprint density at radius 1 is 1.34 bits per heavy atom. The number of rotatable bonds is 6. The van der Waals surface area contributed by atoms with Crippen LogP contribution >= 0.6 is 11.6 Å². The third-order valence-corrected chi connectivity index (χ3v) is 5.19. The fraction of sp³-hybridized carbons (Fsp3) is 0.318. The molecule has 0 aliphatic heterocycles. The lowest BCUT2D eigenvalue weighted by atomic mass is 10.1. The average molecular weight is 412 g/mol. The van der Waals surface area contributed by atoms with Crippen LogP contribution < -0.4 is 5.32 Å². The van der Waals surface area contributed by atoms with Crippen molar-refractivity contribution in [3.05, 3.63) is 57.9 Å². The van der Waals surface area contributed by atoms with E-state index in [0.29, 0.717) is 16.8 Å². The molecule has 1 aliphatic rings. The molecule has 6 nitrogen and oxygen atoms in total. The molecule has 1 N–H and O–H groups in total. The smallest absolute Gasteiger partial charge is 0.349 e. The van der Waals surface area contributed by atoms with Gasteiger partial charge in [0.25, 0.3) is 5.91 Å². The first-order valence-corrected chi connectivity index (χ1v) is 9.76. The molecule has 7 heteroatoms. The topological polar surface area (TPSA) is 84.1 Å². The van der Waals surface area contributed by atoms with Crippen molar-refractivity contribution in [3.63, 3.8) is 0 Å². The van der Waals surface area contributed by atoms with E-state index >= 15 is 0 Å². The van der Waals surface area contributed by atoms with Crippen molar-refractivity contribution in [2.24, 2.45) is 0 Å². The lowest BCUT2D eigenvalue weighted by molar-refractivity contribution is -0.148. The number of ether oxygens (including phenoxy) is 1. The van der Waals surface area contributed by atoms with Gasteiger partial charge >= 0.3 is 5.97 Å². The molecule has 0 bridgehead atoms. The summed E-state index contributed by atoms with van der Waals surface area (Å²) in [5.74, 6) is -1.37. The third kappa shape index (κ3) is 4.69. The van der Waals surface area contributed by atoms with Gasteiger partial charge in [-0.1, -0.05) is 23.7 Å². The number of hydrogen-bond acceptors (Lipinski definition) is 4. The maximum Gasteiger partial charge on any atom is 0.349 e. The van der Waals surface area contributed by atoms with E-state index in [9.17, 15) is 14.9 Å². The molecule has 1 aromatic carbocycles. The molecule has 1 heterocycles. The fourth-order valence-corrected chi connectivity index (χ4v) is 3.39. The molecule has 150 valence electrons. The maximum absolute atomic E-state index is 12.4. The highest BCUT2D eigenvalue weighted by Gasteiger charge is 2.27. The predicted octanol–water partition coefficient (Wildman–Crippen LogP) is 4.57. The summed E-state index contributed by atoms with van der Waals surface area (Å²) in [7, 11) is 0. The van der Waals surface area contributed by atoms with Gasteiger partial charge in [0.2, 0.25) is 0 Å². The van der Waals surface area contributed by atoms with E-state index in [1.54, 1.807) is 24.3 Å². The van der Waals surface area contributed by atoms with Gasteiger partial charge in [-0.05, 0) is 63.5 Å². The second kappa shape index (κ2) is 8.54. The Hall–Kier alpha value is -3.04. The minimum Gasteiger partial charge on any atom is -0.448 e. The van der Waals surface area contributed by atoms with Crippen molar-refractivity contribution >= 4 is 35.2 Å². The number of aryl methyl sites for hydroxylation is 1. The van der Waals surface area contributed by atoms with Gasteiger partial charge in [-0.3, -0.25) is 4.79 Å². The van der Waals surface area contributed by atoms with Gasteiger partial charge in [0.15, 0.2) is 6.10 Å². The monoisotopic (exact) mass is 411 g/mol. The van der Waals surface area contributed by atoms with Gasteiger partial charge in [-0.25, -0.2) is 4.79 Å². The van der Waals surface area contributed by atoms with Gasteiger partial charge in [0.1, 0.15) is 11.6 Å². The number of nitriles is 1. The molecule has 1 atom stereocenters. The number of halogens is 1. The van der Waals surface area contributed by atoms with E-state index in [2.05, 4.69) is 9.88 Å². The van der Waals surface area contributed by atoms with E-state index in [0.717, 1.165) is 29.8 Å². The van der Waals surface area contributed by atoms with Crippen LogP contribution in [-0.4, -0.2) is 22.5 Å². The molecular weight excluding hydrogens is 390 g/mol. The second-order valence-corrected chi connectivity index (χ2v) is 7.52. The van der Waals surface area contributed by atoms with E-state index in [4.69, 9.17) is 16.3 Å². The molecule has 1 aromatic heterocycles. The van der Waals surface area contributed by atoms with Crippen LogP contribution in [0.5, 0.6) is 0 Å². The number of hydrogen-bond donors (Lipinski definition) is 1. The van der Waals surface area contributed by atoms with Crippen LogP contribution in [0.1, 0.15) is 42.8 Å². The number of anilines is 1. The van der Waals surface area contributed by atoms with E-state index < -0.39 is 18.0 Å². The van der Waals surface area contributed by atoms with Gasteiger partial charge in [0.05, 0.1) is 10.7 Å². The number of aromatic nitrogens is 1. The van der Waals surface area contributed by atoms with Crippen LogP contribution in [0.4, 0.5) is 5.69 Å². The van der Waals surface area contributed by atoms with Crippen LogP contribution in [0.15, 0.2) is 35.9 Å². The van der Waals surface area contributed by atoms with Crippen LogP contribution in [0.3, 0.4) is 0 Å². The third-order valence-electron chi connectivity index (χ3n) is 4.86. The van der Waals surface area contributed by atoms with Crippen molar-refractivity contribution in [3.8, 4) is 6.07 Å². The van der Waals surface area contributed by atoms with E-state index in [-0.39, 0.29) is 5.57 Å². The first-order valence-electron chi connectivity index (χ1n) is 9.38. The van der Waals surface area contributed by atoms with Gasteiger partial charge in [-0.2, -0.15) is 5.26 Å². The predicted molar refractivity (Wildman–Crippen MR) is 111 cm³/mol. The van der Waals surface area contributed by atoms with E-state index in [1.165, 1.54) is 13.0 Å². The molecule has 2 aromatic rings. The summed E-state index contributed by atoms with van der Waals surface area (Å²) in [6.45, 7) is 5.42. The number of benzene rings is 1. The fourth-order valence-electron chi connectivity index (χ4n) is 3.21. The molecule has 29 heavy (non-hydrogen) atoms. The van der Waals surface area contributed by atoms with Gasteiger partial charge in [0, 0.05) is 17.4 Å². The molecule has 0 saturated heterocycles. The number of esters is 1. The summed E-state index contributed by atoms with van der Waals surface area (Å²) < 4.78 is 7.42. The van der Waals surface area contributed by atoms with Gasteiger partial charge in [-0.15, -0.1) is 0 Å². The SMILES string of the molecule is Cc1cc(/C=C(\C#N)C(=O)O[C@@H](C)C(=O)Nc2ccccc2Cl)c(C)n1C1CC1. The Morgan fingerprint density at radius 2 is 2.03 bits per heavy atom. The van der Waals surface area contributed by atoms with Crippen molar-refractivity contribution in [2.75, 3.05) is 5.32 Å². The Balaban J connectivity index is 1.70. The molecule has 0 spiro atoms. The summed E-state index contributed by atoms with van der Waals surface area (Å²) in [6, 6.07) is 11.1. The van der Waals surface area contributed by atoms with Crippen molar-refractivity contribution in [2.45, 2.75) is 45.8 Å². The Bertz CT molecular complexity index is 1030. The molecule has 1 aliphatic carbocycles. The number of carbonyl (C=O) groups is 2. The Morgan fingerprint density at radius 3 is 2.66 bits per heavy atom. The van der Waals surface area contributed by atoms with Crippen molar-refractivity contribution in [1.82, 2.24) is 4.57 Å². The highest BCUT2D eigenvalue weighted by atomic mass is 35.5. The summed E-state index contributed by atoms with van der Waals surface area (Å²) in [5, 5.41) is 12.4. The molecule has 0 unspecified atom stereocenters. The summed E-state index contributed by atoms with van der Waals surface area (Å²) in [6.07, 6.45) is 2.71. The normalized spacial score (nSPS) is 14.8. The molecular formula is C22H22ClN3O3. The summed E-state index contributed by atoms with van der Waals surface area (Å²) in [5.41, 5.74) is 3.17. The Kier molecular flexibility index (Phi) is 6.09. The highest BCUT2D eigenvalue weighted by Crippen LogP contribution is 2.38. The summed E-state index contributed by atoms with van der Waals surface area (Å²) in [4.78, 5) is 24.7.